The van der Waals surface area contributed by atoms with Gasteiger partial charge in [-0.05, 0) is 42.3 Å². The van der Waals surface area contributed by atoms with Crippen molar-refractivity contribution < 1.29 is 14.4 Å². The summed E-state index contributed by atoms with van der Waals surface area (Å²) in [4.78, 5) is 45.8. The topological polar surface area (TPSA) is 66.5 Å². The number of halogens is 1. The van der Waals surface area contributed by atoms with E-state index in [0.29, 0.717) is 16.8 Å². The molecule has 1 N–H and O–H groups in total. The van der Waals surface area contributed by atoms with Crippen molar-refractivity contribution in [1.29, 1.82) is 0 Å². The highest BCUT2D eigenvalue weighted by atomic mass is 79.9. The van der Waals surface area contributed by atoms with Crippen molar-refractivity contribution in [3.05, 3.63) is 136 Å². The minimum absolute atomic E-state index is 0.183. The molecule has 4 atom stereocenters. The number of allylic oxidation sites excluding steroid dienone is 1. The van der Waals surface area contributed by atoms with Gasteiger partial charge < -0.3 is 10.2 Å². The molecule has 3 heterocycles. The van der Waals surface area contributed by atoms with Crippen LogP contribution in [-0.2, 0) is 10.2 Å². The first-order valence-electron chi connectivity index (χ1n) is 13.3. The fraction of sp³-hybridized carbons (Fsp3) is 0.147. The van der Waals surface area contributed by atoms with E-state index in [1.165, 1.54) is 0 Å². The van der Waals surface area contributed by atoms with Gasteiger partial charge >= 0.3 is 0 Å². The van der Waals surface area contributed by atoms with Gasteiger partial charge in [0.25, 0.3) is 0 Å². The Bertz CT molecular complexity index is 1730. The lowest BCUT2D eigenvalue weighted by atomic mass is 9.64. The molecule has 4 aromatic rings. The molecular formula is C34H25BrN2O3. The molecule has 1 spiro atoms. The molecular weight excluding hydrogens is 564 g/mol. The Morgan fingerprint density at radius 1 is 0.800 bits per heavy atom. The van der Waals surface area contributed by atoms with E-state index in [-0.39, 0.29) is 17.5 Å². The second-order valence-electron chi connectivity index (χ2n) is 10.6. The average Bonchev–Trinajstić information content (AvgIpc) is 3.45. The highest BCUT2D eigenvalue weighted by Crippen LogP contribution is 2.58. The van der Waals surface area contributed by atoms with Crippen LogP contribution in [0.15, 0.2) is 114 Å². The number of rotatable bonds is 4. The number of anilines is 2. The van der Waals surface area contributed by atoms with Crippen LogP contribution in [0.4, 0.5) is 11.4 Å². The van der Waals surface area contributed by atoms with Crippen molar-refractivity contribution in [2.45, 2.75) is 24.4 Å². The Morgan fingerprint density at radius 2 is 1.45 bits per heavy atom. The van der Waals surface area contributed by atoms with Gasteiger partial charge in [-0.3, -0.25) is 14.4 Å². The highest BCUT2D eigenvalue weighted by molar-refractivity contribution is 9.10. The molecule has 0 aromatic heterocycles. The SMILES string of the molecule is CC1=C[C@@H]2N(c3ccccc31)[C@H](C(=O)c1ccccc1)[C@@H](C(=O)c1ccc(Br)cc1)[C@]21C(=O)Nc2ccccc21. The zero-order chi connectivity index (χ0) is 27.6. The van der Waals surface area contributed by atoms with E-state index >= 15 is 0 Å². The van der Waals surface area contributed by atoms with Gasteiger partial charge in [-0.25, -0.2) is 0 Å². The minimum atomic E-state index is -1.31. The maximum absolute atomic E-state index is 14.8. The Hall–Kier alpha value is -4.29. The normalized spacial score (nSPS) is 24.1. The molecule has 3 aliphatic rings. The molecule has 0 unspecified atom stereocenters. The third-order valence-electron chi connectivity index (χ3n) is 8.62. The second kappa shape index (κ2) is 9.14. The molecule has 0 bridgehead atoms. The number of hydrogen-bond acceptors (Lipinski definition) is 4. The zero-order valence-electron chi connectivity index (χ0n) is 21.7. The fourth-order valence-corrected chi connectivity index (χ4v) is 7.22. The molecule has 0 saturated carbocycles. The standard InChI is InChI=1S/C34H25BrN2O3/c1-20-19-28-34(25-12-6-7-13-26(25)36-33(34)40)29(31(38)22-15-17-23(35)18-16-22)30(32(39)21-9-3-2-4-10-21)37(28)27-14-8-5-11-24(20)27/h2-19,28-30H,1H3,(H,36,40)/t28-,29-,30-,34+/m0/s1. The summed E-state index contributed by atoms with van der Waals surface area (Å²) in [5.74, 6) is -1.65. The number of hydrogen-bond donors (Lipinski definition) is 1. The van der Waals surface area contributed by atoms with Crippen LogP contribution in [0, 0.1) is 5.92 Å². The number of ketones is 2. The summed E-state index contributed by atoms with van der Waals surface area (Å²) in [5.41, 5.74) is 3.93. The van der Waals surface area contributed by atoms with Crippen molar-refractivity contribution in [2.75, 3.05) is 10.2 Å². The van der Waals surface area contributed by atoms with Gasteiger partial charge in [-0.15, -0.1) is 0 Å². The van der Waals surface area contributed by atoms with E-state index < -0.39 is 23.4 Å². The molecule has 0 aliphatic carbocycles. The van der Waals surface area contributed by atoms with Gasteiger partial charge in [0.1, 0.15) is 11.5 Å². The summed E-state index contributed by atoms with van der Waals surface area (Å²) in [6, 6.07) is 30.3. The summed E-state index contributed by atoms with van der Waals surface area (Å²) >= 11 is 3.46. The number of para-hydroxylation sites is 2. The maximum atomic E-state index is 14.8. The van der Waals surface area contributed by atoms with E-state index in [9.17, 15) is 14.4 Å². The molecule has 0 radical (unpaired) electrons. The van der Waals surface area contributed by atoms with Crippen LogP contribution in [-0.4, -0.2) is 29.6 Å². The van der Waals surface area contributed by atoms with Gasteiger partial charge in [-0.1, -0.05) is 101 Å². The lowest BCUT2D eigenvalue weighted by molar-refractivity contribution is -0.121. The van der Waals surface area contributed by atoms with Crippen LogP contribution < -0.4 is 10.2 Å². The highest BCUT2D eigenvalue weighted by Gasteiger charge is 2.70. The maximum Gasteiger partial charge on any atom is 0.238 e. The molecule has 1 amide bonds. The van der Waals surface area contributed by atoms with Gasteiger partial charge in [0.2, 0.25) is 5.91 Å². The van der Waals surface area contributed by atoms with Gasteiger partial charge in [0.15, 0.2) is 11.6 Å². The van der Waals surface area contributed by atoms with E-state index in [1.807, 2.05) is 90.7 Å². The Labute approximate surface area is 240 Å². The number of amides is 1. The van der Waals surface area contributed by atoms with E-state index in [0.717, 1.165) is 26.9 Å². The Morgan fingerprint density at radius 3 is 2.23 bits per heavy atom. The molecule has 6 heteroatoms. The lowest BCUT2D eigenvalue weighted by Gasteiger charge is -2.39. The zero-order valence-corrected chi connectivity index (χ0v) is 23.3. The van der Waals surface area contributed by atoms with Gasteiger partial charge in [-0.2, -0.15) is 0 Å². The summed E-state index contributed by atoms with van der Waals surface area (Å²) in [6.45, 7) is 2.03. The number of carbonyl (C=O) groups excluding carboxylic acids is 3. The lowest BCUT2D eigenvalue weighted by Crippen LogP contribution is -2.51. The molecule has 1 saturated heterocycles. The quantitative estimate of drug-likeness (QED) is 0.269. The van der Waals surface area contributed by atoms with E-state index in [1.54, 1.807) is 24.3 Å². The molecule has 4 aromatic carbocycles. The first kappa shape index (κ1) is 24.7. The molecule has 196 valence electrons. The van der Waals surface area contributed by atoms with Crippen LogP contribution in [0.5, 0.6) is 0 Å². The van der Waals surface area contributed by atoms with Crippen LogP contribution >= 0.6 is 15.9 Å². The fourth-order valence-electron chi connectivity index (χ4n) is 6.95. The summed E-state index contributed by atoms with van der Waals surface area (Å²) in [6.07, 6.45) is 2.07. The summed E-state index contributed by atoms with van der Waals surface area (Å²) in [7, 11) is 0. The van der Waals surface area contributed by atoms with Crippen molar-refractivity contribution in [2.24, 2.45) is 5.92 Å². The summed E-state index contributed by atoms with van der Waals surface area (Å²) < 4.78 is 0.843. The predicted octanol–water partition coefficient (Wildman–Crippen LogP) is 6.70. The first-order chi connectivity index (χ1) is 19.4. The smallest absolute Gasteiger partial charge is 0.238 e. The van der Waals surface area contributed by atoms with Crippen LogP contribution in [0.3, 0.4) is 0 Å². The number of benzene rings is 4. The number of nitrogens with zero attached hydrogens (tertiary/aromatic N) is 1. The van der Waals surface area contributed by atoms with Crippen LogP contribution in [0.1, 0.15) is 38.8 Å². The van der Waals surface area contributed by atoms with Crippen molar-refractivity contribution in [3.8, 4) is 0 Å². The number of nitrogens with one attached hydrogen (secondary N) is 1. The van der Waals surface area contributed by atoms with Crippen molar-refractivity contribution in [3.63, 3.8) is 0 Å². The Balaban J connectivity index is 1.56. The first-order valence-corrected chi connectivity index (χ1v) is 14.1. The number of carbonyl (C=O) groups is 3. The molecule has 7 rings (SSSR count). The van der Waals surface area contributed by atoms with Crippen LogP contribution in [0.25, 0.3) is 5.57 Å². The van der Waals surface area contributed by atoms with E-state index in [4.69, 9.17) is 0 Å². The number of Topliss-reactive ketones (excluding diaryl/α,β-unsaturated/α-hetero) is 2. The van der Waals surface area contributed by atoms with Crippen molar-refractivity contribution >= 4 is 50.4 Å². The molecule has 1 fully saturated rings. The van der Waals surface area contributed by atoms with Gasteiger partial charge in [0, 0.05) is 32.5 Å². The molecule has 3 aliphatic heterocycles. The second-order valence-corrected chi connectivity index (χ2v) is 11.5. The van der Waals surface area contributed by atoms with Gasteiger partial charge in [0.05, 0.1) is 12.0 Å². The molecule has 5 nitrogen and oxygen atoms in total. The minimum Gasteiger partial charge on any atom is -0.352 e. The molecule has 40 heavy (non-hydrogen) atoms. The third kappa shape index (κ3) is 3.35. The number of fused-ring (bicyclic) bond motifs is 6. The monoisotopic (exact) mass is 588 g/mol. The van der Waals surface area contributed by atoms with Crippen molar-refractivity contribution in [1.82, 2.24) is 0 Å². The van der Waals surface area contributed by atoms with E-state index in [2.05, 4.69) is 27.3 Å². The summed E-state index contributed by atoms with van der Waals surface area (Å²) in [5, 5.41) is 3.08. The third-order valence-corrected chi connectivity index (χ3v) is 9.15. The Kier molecular flexibility index (Phi) is 5.65. The van der Waals surface area contributed by atoms with Crippen LogP contribution in [0.2, 0.25) is 0 Å². The predicted molar refractivity (Wildman–Crippen MR) is 160 cm³/mol. The largest absolute Gasteiger partial charge is 0.352 e. The average molecular weight is 589 g/mol.